The zero-order chi connectivity index (χ0) is 13.1. The minimum atomic E-state index is 0.101. The number of nitrogens with one attached hydrogen (secondary N) is 1. The van der Waals surface area contributed by atoms with Crippen molar-refractivity contribution in [1.82, 2.24) is 9.88 Å². The van der Waals surface area contributed by atoms with E-state index in [1.54, 1.807) is 12.4 Å². The first-order valence-electron chi connectivity index (χ1n) is 6.56. The number of carbonyl (C=O) groups is 1. The molecule has 0 unspecified atom stereocenters. The van der Waals surface area contributed by atoms with Crippen LogP contribution in [0, 0.1) is 5.92 Å². The molecule has 1 N–H and O–H groups in total. The number of hydrogen-bond donors (Lipinski definition) is 1. The summed E-state index contributed by atoms with van der Waals surface area (Å²) in [6, 6.07) is 2.28. The van der Waals surface area contributed by atoms with E-state index in [2.05, 4.69) is 24.1 Å². The van der Waals surface area contributed by atoms with Gasteiger partial charge in [-0.1, -0.05) is 13.8 Å². The minimum Gasteiger partial charge on any atom is -0.387 e. The monoisotopic (exact) mass is 247 g/mol. The summed E-state index contributed by atoms with van der Waals surface area (Å²) in [4.78, 5) is 18.7. The Morgan fingerprint density at radius 2 is 2.28 bits per heavy atom. The minimum absolute atomic E-state index is 0.101. The Morgan fingerprint density at radius 1 is 1.56 bits per heavy atom. The van der Waals surface area contributed by atoms with E-state index in [0.29, 0.717) is 17.5 Å². The summed E-state index contributed by atoms with van der Waals surface area (Å²) < 4.78 is 0. The fraction of sp³-hybridized carbons (Fsp3) is 0.571. The van der Waals surface area contributed by atoms with E-state index in [1.165, 1.54) is 0 Å². The number of amides is 1. The van der Waals surface area contributed by atoms with Crippen LogP contribution in [0.1, 0.15) is 37.0 Å². The molecule has 1 heterocycles. The second-order valence-electron chi connectivity index (χ2n) is 5.25. The van der Waals surface area contributed by atoms with Crippen LogP contribution in [0.15, 0.2) is 18.5 Å². The maximum absolute atomic E-state index is 12.6. The fourth-order valence-electron chi connectivity index (χ4n) is 2.12. The van der Waals surface area contributed by atoms with Gasteiger partial charge < -0.3 is 10.2 Å². The third-order valence-electron chi connectivity index (χ3n) is 3.13. The van der Waals surface area contributed by atoms with Crippen molar-refractivity contribution in [3.8, 4) is 0 Å². The predicted octanol–water partition coefficient (Wildman–Crippen LogP) is 2.38. The van der Waals surface area contributed by atoms with E-state index in [4.69, 9.17) is 0 Å². The van der Waals surface area contributed by atoms with Gasteiger partial charge in [0, 0.05) is 37.7 Å². The number of nitrogens with zero attached hydrogens (tertiary/aromatic N) is 2. The molecular weight excluding hydrogens is 226 g/mol. The van der Waals surface area contributed by atoms with E-state index in [-0.39, 0.29) is 5.91 Å². The van der Waals surface area contributed by atoms with E-state index in [1.807, 2.05) is 18.0 Å². The number of carbonyl (C=O) groups excluding carboxylic acids is 1. The van der Waals surface area contributed by atoms with Crippen LogP contribution >= 0.6 is 0 Å². The lowest BCUT2D eigenvalue weighted by Crippen LogP contribution is -2.36. The second kappa shape index (κ2) is 5.38. The van der Waals surface area contributed by atoms with Gasteiger partial charge in [-0.15, -0.1) is 0 Å². The Balaban J connectivity index is 2.21. The number of pyridine rings is 1. The molecule has 1 amide bonds. The zero-order valence-corrected chi connectivity index (χ0v) is 11.3. The Bertz CT molecular complexity index is 427. The van der Waals surface area contributed by atoms with Crippen molar-refractivity contribution in [3.05, 3.63) is 24.0 Å². The summed E-state index contributed by atoms with van der Waals surface area (Å²) in [6.07, 6.45) is 5.62. The van der Waals surface area contributed by atoms with E-state index < -0.39 is 0 Å². The Morgan fingerprint density at radius 3 is 2.83 bits per heavy atom. The lowest BCUT2D eigenvalue weighted by atomic mass is 10.1. The highest BCUT2D eigenvalue weighted by Crippen LogP contribution is 2.30. The van der Waals surface area contributed by atoms with Gasteiger partial charge in [0.25, 0.3) is 5.91 Å². The van der Waals surface area contributed by atoms with Gasteiger partial charge in [0.2, 0.25) is 0 Å². The molecule has 1 aromatic heterocycles. The van der Waals surface area contributed by atoms with Crippen molar-refractivity contribution in [2.75, 3.05) is 18.9 Å². The largest absolute Gasteiger partial charge is 0.387 e. The molecule has 0 spiro atoms. The molecule has 0 aromatic carbocycles. The maximum Gasteiger partial charge on any atom is 0.257 e. The molecule has 1 fully saturated rings. The van der Waals surface area contributed by atoms with E-state index in [0.717, 1.165) is 25.1 Å². The van der Waals surface area contributed by atoms with Crippen molar-refractivity contribution in [3.63, 3.8) is 0 Å². The normalized spacial score (nSPS) is 14.7. The maximum atomic E-state index is 12.6. The van der Waals surface area contributed by atoms with Gasteiger partial charge in [0.15, 0.2) is 0 Å². The van der Waals surface area contributed by atoms with E-state index >= 15 is 0 Å². The molecule has 18 heavy (non-hydrogen) atoms. The van der Waals surface area contributed by atoms with Gasteiger partial charge >= 0.3 is 0 Å². The standard InChI is InChI=1S/C14H21N3O/c1-10(2)9-17(11-4-5-11)14(18)12-8-16-7-6-13(12)15-3/h6-8,10-11H,4-5,9H2,1-3H3,(H,15,16). The average molecular weight is 247 g/mol. The van der Waals surface area contributed by atoms with Crippen molar-refractivity contribution in [1.29, 1.82) is 0 Å². The van der Waals surface area contributed by atoms with Crippen LogP contribution in [0.5, 0.6) is 0 Å². The van der Waals surface area contributed by atoms with Gasteiger partial charge in [-0.2, -0.15) is 0 Å². The van der Waals surface area contributed by atoms with Crippen molar-refractivity contribution in [2.45, 2.75) is 32.7 Å². The molecule has 4 nitrogen and oxygen atoms in total. The molecular formula is C14H21N3O. The molecule has 4 heteroatoms. The average Bonchev–Trinajstić information content (AvgIpc) is 3.19. The molecule has 98 valence electrons. The van der Waals surface area contributed by atoms with E-state index in [9.17, 15) is 4.79 Å². The molecule has 0 saturated heterocycles. The van der Waals surface area contributed by atoms with Gasteiger partial charge in [0.05, 0.1) is 5.56 Å². The predicted molar refractivity (Wildman–Crippen MR) is 72.7 cm³/mol. The summed E-state index contributed by atoms with van der Waals surface area (Å²) >= 11 is 0. The highest BCUT2D eigenvalue weighted by Gasteiger charge is 2.34. The molecule has 1 aliphatic carbocycles. The summed E-state index contributed by atoms with van der Waals surface area (Å²) in [5.74, 6) is 0.591. The molecule has 1 aromatic rings. The Labute approximate surface area is 108 Å². The molecule has 0 aliphatic heterocycles. The summed E-state index contributed by atoms with van der Waals surface area (Å²) in [7, 11) is 1.83. The fourth-order valence-corrected chi connectivity index (χ4v) is 2.12. The van der Waals surface area contributed by atoms with Gasteiger partial charge in [0.1, 0.15) is 0 Å². The first-order valence-corrected chi connectivity index (χ1v) is 6.56. The quantitative estimate of drug-likeness (QED) is 0.869. The SMILES string of the molecule is CNc1ccncc1C(=O)N(CC(C)C)C1CC1. The number of rotatable bonds is 5. The highest BCUT2D eigenvalue weighted by atomic mass is 16.2. The van der Waals surface area contributed by atoms with Crippen LogP contribution < -0.4 is 5.32 Å². The van der Waals surface area contributed by atoms with Crippen molar-refractivity contribution >= 4 is 11.6 Å². The first-order chi connectivity index (χ1) is 8.63. The highest BCUT2D eigenvalue weighted by molar-refractivity contribution is 5.99. The first kappa shape index (κ1) is 12.9. The topological polar surface area (TPSA) is 45.2 Å². The smallest absolute Gasteiger partial charge is 0.257 e. The molecule has 1 saturated carbocycles. The Kier molecular flexibility index (Phi) is 3.84. The Hall–Kier alpha value is -1.58. The van der Waals surface area contributed by atoms with Crippen molar-refractivity contribution < 1.29 is 4.79 Å². The third-order valence-corrected chi connectivity index (χ3v) is 3.13. The van der Waals surface area contributed by atoms with Crippen LogP contribution in [0.2, 0.25) is 0 Å². The molecule has 0 bridgehead atoms. The van der Waals surface area contributed by atoms with Crippen LogP contribution in [-0.4, -0.2) is 35.4 Å². The molecule has 2 rings (SSSR count). The van der Waals surface area contributed by atoms with Crippen LogP contribution in [0.4, 0.5) is 5.69 Å². The molecule has 0 atom stereocenters. The number of anilines is 1. The summed E-state index contributed by atoms with van der Waals surface area (Å²) in [5.41, 5.74) is 1.52. The van der Waals surface area contributed by atoms with Crippen LogP contribution in [-0.2, 0) is 0 Å². The third kappa shape index (κ3) is 2.81. The van der Waals surface area contributed by atoms with Gasteiger partial charge in [-0.3, -0.25) is 9.78 Å². The van der Waals surface area contributed by atoms with Crippen molar-refractivity contribution in [2.24, 2.45) is 5.92 Å². The summed E-state index contributed by atoms with van der Waals surface area (Å²) in [6.45, 7) is 5.11. The van der Waals surface area contributed by atoms with Crippen LogP contribution in [0.25, 0.3) is 0 Å². The lowest BCUT2D eigenvalue weighted by molar-refractivity contribution is 0.0723. The molecule has 0 radical (unpaired) electrons. The van der Waals surface area contributed by atoms with Gasteiger partial charge in [-0.05, 0) is 24.8 Å². The van der Waals surface area contributed by atoms with Gasteiger partial charge in [-0.25, -0.2) is 0 Å². The zero-order valence-electron chi connectivity index (χ0n) is 11.3. The number of hydrogen-bond acceptors (Lipinski definition) is 3. The van der Waals surface area contributed by atoms with Crippen LogP contribution in [0.3, 0.4) is 0 Å². The molecule has 1 aliphatic rings. The second-order valence-corrected chi connectivity index (χ2v) is 5.25. The lowest BCUT2D eigenvalue weighted by Gasteiger charge is -2.25. The summed E-state index contributed by atoms with van der Waals surface area (Å²) in [5, 5.41) is 3.06. The number of aromatic nitrogens is 1.